The summed E-state index contributed by atoms with van der Waals surface area (Å²) < 4.78 is 26.6. The number of rotatable bonds is 10. The second-order valence-electron chi connectivity index (χ2n) is 7.75. The summed E-state index contributed by atoms with van der Waals surface area (Å²) in [5.41, 5.74) is 1.53. The summed E-state index contributed by atoms with van der Waals surface area (Å²) in [6.07, 6.45) is 1.79. The lowest BCUT2D eigenvalue weighted by atomic mass is 10.2. The molecular weight excluding hydrogens is 496 g/mol. The number of amides is 1. The van der Waals surface area contributed by atoms with Gasteiger partial charge in [-0.15, -0.1) is 0 Å². The van der Waals surface area contributed by atoms with Crippen LogP contribution in [0.5, 0.6) is 11.5 Å². The number of carbonyl (C=O) groups excluding carboxylic acids is 2. The summed E-state index contributed by atoms with van der Waals surface area (Å²) in [6.45, 7) is 0.881. The summed E-state index contributed by atoms with van der Waals surface area (Å²) >= 11 is 1.31. The molecule has 2 heterocycles. The van der Waals surface area contributed by atoms with Crippen molar-refractivity contribution >= 4 is 40.6 Å². The fourth-order valence-corrected chi connectivity index (χ4v) is 4.47. The average molecular weight is 523 g/mol. The van der Waals surface area contributed by atoms with Gasteiger partial charge in [-0.3, -0.25) is 9.69 Å². The van der Waals surface area contributed by atoms with Crippen LogP contribution in [0.1, 0.15) is 21.9 Å². The molecule has 10 heteroatoms. The molecular formula is C27H26N2O7S. The van der Waals surface area contributed by atoms with Crippen LogP contribution in [0.15, 0.2) is 75.0 Å². The minimum atomic E-state index is -0.557. The van der Waals surface area contributed by atoms with Gasteiger partial charge in [0.1, 0.15) is 12.4 Å². The van der Waals surface area contributed by atoms with Crippen LogP contribution >= 0.6 is 11.8 Å². The van der Waals surface area contributed by atoms with E-state index in [1.54, 1.807) is 36.3 Å². The molecule has 0 saturated carbocycles. The molecule has 0 bridgehead atoms. The predicted octanol–water partition coefficient (Wildman–Crippen LogP) is 4.90. The van der Waals surface area contributed by atoms with Crippen LogP contribution in [0.25, 0.3) is 6.08 Å². The molecule has 3 aromatic rings. The molecule has 0 aliphatic carbocycles. The second kappa shape index (κ2) is 12.3. The predicted molar refractivity (Wildman–Crippen MR) is 140 cm³/mol. The van der Waals surface area contributed by atoms with E-state index in [0.717, 1.165) is 11.3 Å². The summed E-state index contributed by atoms with van der Waals surface area (Å²) in [6, 6.07) is 18.0. The van der Waals surface area contributed by atoms with E-state index in [1.165, 1.54) is 32.0 Å². The monoisotopic (exact) mass is 522 g/mol. The number of benzene rings is 2. The normalized spacial score (nSPS) is 15.4. The number of methoxy groups -OCH3 is 3. The minimum Gasteiger partial charge on any atom is -0.493 e. The van der Waals surface area contributed by atoms with Crippen molar-refractivity contribution in [2.45, 2.75) is 6.61 Å². The number of hydrogen-bond donors (Lipinski definition) is 0. The van der Waals surface area contributed by atoms with Crippen molar-refractivity contribution in [3.63, 3.8) is 0 Å². The van der Waals surface area contributed by atoms with Crippen LogP contribution in [-0.4, -0.2) is 56.4 Å². The third-order valence-corrected chi connectivity index (χ3v) is 6.30. The number of furan rings is 1. The number of amidine groups is 1. The number of aliphatic imine (C=N–C) groups is 1. The summed E-state index contributed by atoms with van der Waals surface area (Å²) in [4.78, 5) is 31.5. The molecule has 2 aromatic carbocycles. The molecule has 192 valence electrons. The molecule has 0 N–H and O–H groups in total. The summed E-state index contributed by atoms with van der Waals surface area (Å²) in [5, 5.41) is 0.594. The van der Waals surface area contributed by atoms with Crippen molar-refractivity contribution < 1.29 is 33.0 Å². The number of ether oxygens (including phenoxy) is 4. The minimum absolute atomic E-state index is 0.0932. The average Bonchev–Trinajstić information content (AvgIpc) is 3.51. The van der Waals surface area contributed by atoms with E-state index in [-0.39, 0.29) is 18.3 Å². The van der Waals surface area contributed by atoms with Gasteiger partial charge in [-0.05, 0) is 59.8 Å². The zero-order valence-electron chi connectivity index (χ0n) is 20.6. The Morgan fingerprint density at radius 1 is 1.05 bits per heavy atom. The zero-order chi connectivity index (χ0) is 26.2. The van der Waals surface area contributed by atoms with E-state index >= 15 is 0 Å². The van der Waals surface area contributed by atoms with Crippen LogP contribution in [0.4, 0.5) is 5.69 Å². The van der Waals surface area contributed by atoms with Gasteiger partial charge in [0.2, 0.25) is 5.76 Å². The standard InChI is InChI=1S/C27H26N2O7S/c1-32-14-13-29-25(30)24(37-27(29)28-19-7-5-4-6-8-19)16-18-9-11-21(23(15-18)33-2)35-17-20-10-12-22(36-20)26(31)34-3/h4-12,15-16H,13-14,17H2,1-3H3/b24-16+,28-27?. The number of para-hydroxylation sites is 1. The van der Waals surface area contributed by atoms with Crippen molar-refractivity contribution in [1.82, 2.24) is 4.90 Å². The molecule has 1 aliphatic rings. The van der Waals surface area contributed by atoms with Crippen molar-refractivity contribution in [3.8, 4) is 11.5 Å². The molecule has 9 nitrogen and oxygen atoms in total. The van der Waals surface area contributed by atoms with Crippen LogP contribution in [-0.2, 0) is 20.9 Å². The number of thioether (sulfide) groups is 1. The van der Waals surface area contributed by atoms with Crippen LogP contribution in [0.3, 0.4) is 0 Å². The molecule has 0 unspecified atom stereocenters. The van der Waals surface area contributed by atoms with Gasteiger partial charge in [-0.2, -0.15) is 0 Å². The van der Waals surface area contributed by atoms with Gasteiger partial charge < -0.3 is 23.4 Å². The Balaban J connectivity index is 1.52. The number of esters is 1. The lowest BCUT2D eigenvalue weighted by molar-refractivity contribution is -0.122. The maximum atomic E-state index is 13.2. The Bertz CT molecular complexity index is 1320. The molecule has 1 fully saturated rings. The van der Waals surface area contributed by atoms with Gasteiger partial charge in [-0.1, -0.05) is 24.3 Å². The first-order valence-electron chi connectivity index (χ1n) is 11.3. The molecule has 0 radical (unpaired) electrons. The third-order valence-electron chi connectivity index (χ3n) is 5.29. The first-order chi connectivity index (χ1) is 18.0. The summed E-state index contributed by atoms with van der Waals surface area (Å²) in [5.74, 6) is 0.832. The highest BCUT2D eigenvalue weighted by atomic mass is 32.2. The van der Waals surface area contributed by atoms with E-state index in [9.17, 15) is 9.59 Å². The van der Waals surface area contributed by atoms with Crippen molar-refractivity contribution in [2.24, 2.45) is 4.99 Å². The van der Waals surface area contributed by atoms with Crippen LogP contribution in [0.2, 0.25) is 0 Å². The largest absolute Gasteiger partial charge is 0.493 e. The first kappa shape index (κ1) is 26.1. The highest BCUT2D eigenvalue weighted by Crippen LogP contribution is 2.36. The van der Waals surface area contributed by atoms with Gasteiger partial charge in [-0.25, -0.2) is 9.79 Å². The van der Waals surface area contributed by atoms with Crippen molar-refractivity contribution in [3.05, 3.63) is 82.7 Å². The lowest BCUT2D eigenvalue weighted by Gasteiger charge is -2.14. The van der Waals surface area contributed by atoms with Gasteiger partial charge in [0.25, 0.3) is 5.91 Å². The Labute approximate surface area is 218 Å². The van der Waals surface area contributed by atoms with Crippen molar-refractivity contribution in [2.75, 3.05) is 34.5 Å². The Morgan fingerprint density at radius 2 is 1.86 bits per heavy atom. The van der Waals surface area contributed by atoms with Crippen LogP contribution in [0, 0.1) is 0 Å². The molecule has 37 heavy (non-hydrogen) atoms. The molecule has 4 rings (SSSR count). The lowest BCUT2D eigenvalue weighted by Crippen LogP contribution is -2.32. The third kappa shape index (κ3) is 6.41. The number of hydrogen-bond acceptors (Lipinski definition) is 9. The Kier molecular flexibility index (Phi) is 8.65. The number of carbonyl (C=O) groups is 2. The first-order valence-corrected chi connectivity index (χ1v) is 12.2. The number of nitrogens with zero attached hydrogens (tertiary/aromatic N) is 2. The topological polar surface area (TPSA) is 99.8 Å². The Morgan fingerprint density at radius 3 is 2.59 bits per heavy atom. The smallest absolute Gasteiger partial charge is 0.373 e. The summed E-state index contributed by atoms with van der Waals surface area (Å²) in [7, 11) is 4.42. The highest BCUT2D eigenvalue weighted by Gasteiger charge is 2.33. The van der Waals surface area contributed by atoms with E-state index in [4.69, 9.17) is 18.6 Å². The second-order valence-corrected chi connectivity index (χ2v) is 8.76. The maximum Gasteiger partial charge on any atom is 0.373 e. The molecule has 0 atom stereocenters. The van der Waals surface area contributed by atoms with E-state index in [0.29, 0.717) is 40.5 Å². The SMILES string of the molecule is COCCN1C(=O)/C(=C\c2ccc(OCc3ccc(C(=O)OC)o3)c(OC)c2)SC1=Nc1ccccc1. The van der Waals surface area contributed by atoms with E-state index < -0.39 is 5.97 Å². The molecule has 0 spiro atoms. The van der Waals surface area contributed by atoms with Gasteiger partial charge in [0.15, 0.2) is 16.7 Å². The molecule has 1 saturated heterocycles. The van der Waals surface area contributed by atoms with E-state index in [2.05, 4.69) is 9.73 Å². The fourth-order valence-electron chi connectivity index (χ4n) is 3.44. The van der Waals surface area contributed by atoms with Gasteiger partial charge >= 0.3 is 5.97 Å². The van der Waals surface area contributed by atoms with Gasteiger partial charge in [0, 0.05) is 7.11 Å². The quantitative estimate of drug-likeness (QED) is 0.274. The van der Waals surface area contributed by atoms with Gasteiger partial charge in [0.05, 0.1) is 38.0 Å². The van der Waals surface area contributed by atoms with E-state index in [1.807, 2.05) is 36.4 Å². The molecule has 1 aromatic heterocycles. The molecule has 1 aliphatic heterocycles. The van der Waals surface area contributed by atoms with Crippen molar-refractivity contribution in [1.29, 1.82) is 0 Å². The zero-order valence-corrected chi connectivity index (χ0v) is 21.4. The fraction of sp³-hybridized carbons (Fsp3) is 0.222. The maximum absolute atomic E-state index is 13.2. The molecule has 1 amide bonds. The highest BCUT2D eigenvalue weighted by molar-refractivity contribution is 8.18. The Hall–Kier alpha value is -4.02. The van der Waals surface area contributed by atoms with Crippen LogP contribution < -0.4 is 9.47 Å².